The van der Waals surface area contributed by atoms with E-state index in [0.717, 1.165) is 16.7 Å². The van der Waals surface area contributed by atoms with E-state index < -0.39 is 23.2 Å². The maximum absolute atomic E-state index is 14.3. The van der Waals surface area contributed by atoms with Crippen molar-refractivity contribution in [2.24, 2.45) is 0 Å². The molecule has 0 spiro atoms. The van der Waals surface area contributed by atoms with Crippen LogP contribution in [0, 0.1) is 19.7 Å². The van der Waals surface area contributed by atoms with Gasteiger partial charge in [0.15, 0.2) is 5.69 Å². The minimum atomic E-state index is -0.630. The van der Waals surface area contributed by atoms with Gasteiger partial charge >= 0.3 is 0 Å². The molecule has 0 aliphatic rings. The highest BCUT2D eigenvalue weighted by Crippen LogP contribution is 2.23. The molecule has 0 aliphatic heterocycles. The van der Waals surface area contributed by atoms with Crippen LogP contribution in [0.25, 0.3) is 5.69 Å². The number of aromatic nitrogens is 2. The van der Waals surface area contributed by atoms with Gasteiger partial charge in [-0.25, -0.2) is 9.07 Å². The number of amides is 1. The van der Waals surface area contributed by atoms with Crippen LogP contribution in [0.15, 0.2) is 89.7 Å². The van der Waals surface area contributed by atoms with Crippen molar-refractivity contribution in [3.05, 3.63) is 129 Å². The Bertz CT molecular complexity index is 1320. The van der Waals surface area contributed by atoms with E-state index in [1.807, 2.05) is 61.5 Å². The maximum atomic E-state index is 14.3. The second-order valence-electron chi connectivity index (χ2n) is 7.59. The van der Waals surface area contributed by atoms with Crippen LogP contribution in [-0.2, 0) is 0 Å². The molecule has 0 fully saturated rings. The van der Waals surface area contributed by atoms with Gasteiger partial charge in [-0.2, -0.15) is 5.10 Å². The quantitative estimate of drug-likeness (QED) is 0.510. The van der Waals surface area contributed by atoms with Crippen molar-refractivity contribution >= 4 is 5.91 Å². The predicted octanol–water partition coefficient (Wildman–Crippen LogP) is 4.51. The van der Waals surface area contributed by atoms with E-state index in [-0.39, 0.29) is 11.4 Å². The second kappa shape index (κ2) is 8.98. The number of halogens is 1. The van der Waals surface area contributed by atoms with Gasteiger partial charge in [-0.05, 0) is 37.1 Å². The number of carbonyl (C=O) groups excluding carboxylic acids is 1. The standard InChI is InChI=1S/C26H22FN3O2/c1-17-12-14-20(15-13-17)24(19-8-4-3-5-9-19)28-26(32)25-23(31)16-18(2)30(29-25)22-11-7-6-10-21(22)27/h3-16,24H,1-2H3,(H,28,32). The molecule has 3 aromatic carbocycles. The number of para-hydroxylation sites is 1. The lowest BCUT2D eigenvalue weighted by molar-refractivity contribution is 0.0935. The first kappa shape index (κ1) is 21.2. The molecule has 4 aromatic rings. The first-order valence-electron chi connectivity index (χ1n) is 10.2. The Hall–Kier alpha value is -4.06. The molecule has 1 amide bonds. The SMILES string of the molecule is Cc1ccc(C(NC(=O)c2nn(-c3ccccc3F)c(C)cc2=O)c2ccccc2)cc1. The van der Waals surface area contributed by atoms with Crippen molar-refractivity contribution in [1.82, 2.24) is 15.1 Å². The molecule has 5 nitrogen and oxygen atoms in total. The maximum Gasteiger partial charge on any atom is 0.276 e. The molecule has 0 bridgehead atoms. The number of aryl methyl sites for hydroxylation is 2. The van der Waals surface area contributed by atoms with Gasteiger partial charge in [0.1, 0.15) is 11.5 Å². The fraction of sp³-hybridized carbons (Fsp3) is 0.115. The Balaban J connectivity index is 1.74. The van der Waals surface area contributed by atoms with Crippen LogP contribution in [0.1, 0.15) is 38.9 Å². The third-order valence-corrected chi connectivity index (χ3v) is 5.22. The highest BCUT2D eigenvalue weighted by atomic mass is 19.1. The van der Waals surface area contributed by atoms with E-state index in [1.165, 1.54) is 16.8 Å². The Labute approximate surface area is 185 Å². The molecule has 1 N–H and O–H groups in total. The molecular formula is C26H22FN3O2. The number of nitrogens with one attached hydrogen (secondary N) is 1. The van der Waals surface area contributed by atoms with Crippen molar-refractivity contribution in [1.29, 1.82) is 0 Å². The molecule has 1 heterocycles. The van der Waals surface area contributed by atoms with Crippen LogP contribution in [0.5, 0.6) is 0 Å². The first-order chi connectivity index (χ1) is 15.4. The molecule has 0 aliphatic carbocycles. The van der Waals surface area contributed by atoms with Gasteiger partial charge in [-0.15, -0.1) is 0 Å². The molecule has 160 valence electrons. The van der Waals surface area contributed by atoms with Crippen LogP contribution < -0.4 is 10.7 Å². The molecule has 6 heteroatoms. The number of carbonyl (C=O) groups is 1. The molecule has 0 saturated heterocycles. The average molecular weight is 427 g/mol. The molecule has 1 unspecified atom stereocenters. The summed E-state index contributed by atoms with van der Waals surface area (Å²) in [6.45, 7) is 3.63. The Morgan fingerprint density at radius 1 is 0.906 bits per heavy atom. The van der Waals surface area contributed by atoms with Gasteiger partial charge in [-0.1, -0.05) is 72.3 Å². The predicted molar refractivity (Wildman–Crippen MR) is 121 cm³/mol. The van der Waals surface area contributed by atoms with Gasteiger partial charge in [0.05, 0.1) is 6.04 Å². The lowest BCUT2D eigenvalue weighted by atomic mass is 9.97. The van der Waals surface area contributed by atoms with E-state index in [0.29, 0.717) is 5.69 Å². The van der Waals surface area contributed by atoms with Gasteiger partial charge < -0.3 is 5.32 Å². The topological polar surface area (TPSA) is 64.0 Å². The zero-order valence-corrected chi connectivity index (χ0v) is 17.7. The minimum Gasteiger partial charge on any atom is -0.340 e. The highest BCUT2D eigenvalue weighted by Gasteiger charge is 2.22. The highest BCUT2D eigenvalue weighted by molar-refractivity contribution is 5.92. The normalized spacial score (nSPS) is 11.7. The van der Waals surface area contributed by atoms with Crippen molar-refractivity contribution < 1.29 is 9.18 Å². The van der Waals surface area contributed by atoms with E-state index >= 15 is 0 Å². The zero-order chi connectivity index (χ0) is 22.7. The summed E-state index contributed by atoms with van der Waals surface area (Å²) >= 11 is 0. The van der Waals surface area contributed by atoms with Gasteiger partial charge in [-0.3, -0.25) is 9.59 Å². The number of hydrogen-bond acceptors (Lipinski definition) is 3. The number of nitrogens with zero attached hydrogens (tertiary/aromatic N) is 2. The number of hydrogen-bond donors (Lipinski definition) is 1. The fourth-order valence-electron chi connectivity index (χ4n) is 3.54. The van der Waals surface area contributed by atoms with Gasteiger partial charge in [0.2, 0.25) is 5.43 Å². The molecule has 1 atom stereocenters. The van der Waals surface area contributed by atoms with Gasteiger partial charge in [0.25, 0.3) is 5.91 Å². The van der Waals surface area contributed by atoms with Crippen molar-refractivity contribution in [2.75, 3.05) is 0 Å². The average Bonchev–Trinajstić information content (AvgIpc) is 2.79. The van der Waals surface area contributed by atoms with Gasteiger partial charge in [0, 0.05) is 11.8 Å². The van der Waals surface area contributed by atoms with E-state index in [4.69, 9.17) is 0 Å². The molecule has 4 rings (SSSR count). The molecule has 32 heavy (non-hydrogen) atoms. The third kappa shape index (κ3) is 4.34. The van der Waals surface area contributed by atoms with E-state index in [1.54, 1.807) is 25.1 Å². The summed E-state index contributed by atoms with van der Waals surface area (Å²) in [6.07, 6.45) is 0. The number of rotatable bonds is 5. The summed E-state index contributed by atoms with van der Waals surface area (Å²) in [4.78, 5) is 25.8. The van der Waals surface area contributed by atoms with Crippen LogP contribution >= 0.6 is 0 Å². The summed E-state index contributed by atoms with van der Waals surface area (Å²) < 4.78 is 15.6. The van der Waals surface area contributed by atoms with Crippen molar-refractivity contribution in [3.63, 3.8) is 0 Å². The summed E-state index contributed by atoms with van der Waals surface area (Å²) in [5.41, 5.74) is 2.60. The van der Waals surface area contributed by atoms with Crippen molar-refractivity contribution in [2.45, 2.75) is 19.9 Å². The molecular weight excluding hydrogens is 405 g/mol. The lowest BCUT2D eigenvalue weighted by Gasteiger charge is -2.20. The largest absolute Gasteiger partial charge is 0.340 e. The van der Waals surface area contributed by atoms with Crippen LogP contribution in [0.3, 0.4) is 0 Å². The smallest absolute Gasteiger partial charge is 0.276 e. The van der Waals surface area contributed by atoms with E-state index in [2.05, 4.69) is 10.4 Å². The Kier molecular flexibility index (Phi) is 5.94. The van der Waals surface area contributed by atoms with Crippen LogP contribution in [0.4, 0.5) is 4.39 Å². The third-order valence-electron chi connectivity index (χ3n) is 5.22. The molecule has 0 saturated carbocycles. The fourth-order valence-corrected chi connectivity index (χ4v) is 3.54. The monoisotopic (exact) mass is 427 g/mol. The summed E-state index contributed by atoms with van der Waals surface area (Å²) in [5, 5.41) is 7.14. The van der Waals surface area contributed by atoms with E-state index in [9.17, 15) is 14.0 Å². The summed E-state index contributed by atoms with van der Waals surface area (Å²) in [5.74, 6) is -1.13. The minimum absolute atomic E-state index is 0.164. The Morgan fingerprint density at radius 2 is 1.53 bits per heavy atom. The first-order valence-corrected chi connectivity index (χ1v) is 10.2. The molecule has 1 aromatic heterocycles. The summed E-state index contributed by atoms with van der Waals surface area (Å²) in [7, 11) is 0. The van der Waals surface area contributed by atoms with Crippen LogP contribution in [-0.4, -0.2) is 15.7 Å². The van der Waals surface area contributed by atoms with Crippen LogP contribution in [0.2, 0.25) is 0 Å². The molecule has 0 radical (unpaired) electrons. The summed E-state index contributed by atoms with van der Waals surface area (Å²) in [6, 6.07) is 24.2. The van der Waals surface area contributed by atoms with Crippen molar-refractivity contribution in [3.8, 4) is 5.69 Å². The lowest BCUT2D eigenvalue weighted by Crippen LogP contribution is -2.35. The Morgan fingerprint density at radius 3 is 2.22 bits per heavy atom. The second-order valence-corrected chi connectivity index (χ2v) is 7.59. The number of benzene rings is 3. The zero-order valence-electron chi connectivity index (χ0n) is 17.7.